The van der Waals surface area contributed by atoms with Crippen LogP contribution < -0.4 is 5.32 Å². The molecule has 0 aromatic heterocycles. The maximum atomic E-state index is 3.38. The van der Waals surface area contributed by atoms with Crippen LogP contribution in [0, 0.1) is 6.92 Å². The van der Waals surface area contributed by atoms with E-state index < -0.39 is 0 Å². The van der Waals surface area contributed by atoms with Crippen molar-refractivity contribution in [1.29, 1.82) is 0 Å². The van der Waals surface area contributed by atoms with Gasteiger partial charge in [-0.1, -0.05) is 43.7 Å². The molecule has 0 heterocycles. The Morgan fingerprint density at radius 1 is 1.33 bits per heavy atom. The molecule has 0 aliphatic rings. The average Bonchev–Trinajstić information content (AvgIpc) is 2.18. The van der Waals surface area contributed by atoms with Crippen molar-refractivity contribution < 1.29 is 0 Å². The number of rotatable bonds is 5. The highest BCUT2D eigenvalue weighted by Crippen LogP contribution is 2.21. The summed E-state index contributed by atoms with van der Waals surface area (Å²) in [5, 5.41) is 4.08. The van der Waals surface area contributed by atoms with Gasteiger partial charge in [-0.15, -0.1) is 0 Å². The van der Waals surface area contributed by atoms with E-state index in [1.54, 1.807) is 0 Å². The van der Waals surface area contributed by atoms with E-state index in [1.165, 1.54) is 11.1 Å². The molecular formula is C13H21NS. The molecule has 1 nitrogen and oxygen atoms in total. The Balaban J connectivity index is 2.65. The minimum absolute atomic E-state index is 0.470. The lowest BCUT2D eigenvalue weighted by Crippen LogP contribution is -2.19. The van der Waals surface area contributed by atoms with Crippen molar-refractivity contribution in [2.45, 2.75) is 32.1 Å². The van der Waals surface area contributed by atoms with Crippen molar-refractivity contribution in [3.05, 3.63) is 35.4 Å². The Hall–Kier alpha value is -0.470. The smallest absolute Gasteiger partial charge is 0.0409 e. The van der Waals surface area contributed by atoms with Crippen molar-refractivity contribution in [2.24, 2.45) is 0 Å². The lowest BCUT2D eigenvalue weighted by Gasteiger charge is -2.18. The van der Waals surface area contributed by atoms with Gasteiger partial charge < -0.3 is 5.32 Å². The Labute approximate surface area is 97.7 Å². The molecule has 0 fully saturated rings. The first kappa shape index (κ1) is 12.6. The van der Waals surface area contributed by atoms with Gasteiger partial charge >= 0.3 is 0 Å². The third-order valence-electron chi connectivity index (χ3n) is 2.39. The van der Waals surface area contributed by atoms with E-state index >= 15 is 0 Å². The SMILES string of the molecule is CNC(CSC(C)C)c1cccc(C)c1. The van der Waals surface area contributed by atoms with Gasteiger partial charge in [0.1, 0.15) is 0 Å². The van der Waals surface area contributed by atoms with Gasteiger partial charge in [-0.05, 0) is 24.8 Å². The molecular weight excluding hydrogens is 202 g/mol. The van der Waals surface area contributed by atoms with Crippen LogP contribution in [-0.4, -0.2) is 18.1 Å². The molecule has 15 heavy (non-hydrogen) atoms. The number of nitrogens with one attached hydrogen (secondary N) is 1. The van der Waals surface area contributed by atoms with Crippen LogP contribution in [0.5, 0.6) is 0 Å². The second kappa shape index (κ2) is 6.19. The van der Waals surface area contributed by atoms with Crippen LogP contribution in [0.2, 0.25) is 0 Å². The van der Waals surface area contributed by atoms with E-state index in [-0.39, 0.29) is 0 Å². The van der Waals surface area contributed by atoms with E-state index in [0.717, 1.165) is 5.75 Å². The fraction of sp³-hybridized carbons (Fsp3) is 0.538. The van der Waals surface area contributed by atoms with Gasteiger partial charge in [0.15, 0.2) is 0 Å². The fourth-order valence-corrected chi connectivity index (χ4v) is 2.46. The molecule has 2 heteroatoms. The van der Waals surface area contributed by atoms with E-state index in [0.29, 0.717) is 11.3 Å². The Morgan fingerprint density at radius 2 is 2.07 bits per heavy atom. The molecule has 1 atom stereocenters. The zero-order chi connectivity index (χ0) is 11.3. The summed E-state index contributed by atoms with van der Waals surface area (Å²) in [6, 6.07) is 9.22. The Morgan fingerprint density at radius 3 is 2.60 bits per heavy atom. The topological polar surface area (TPSA) is 12.0 Å². The van der Waals surface area contributed by atoms with Crippen LogP contribution in [0.3, 0.4) is 0 Å². The van der Waals surface area contributed by atoms with Gasteiger partial charge in [-0.3, -0.25) is 0 Å². The lowest BCUT2D eigenvalue weighted by atomic mass is 10.1. The first-order chi connectivity index (χ1) is 7.13. The van der Waals surface area contributed by atoms with E-state index in [2.05, 4.69) is 50.4 Å². The van der Waals surface area contributed by atoms with Crippen LogP contribution in [0.1, 0.15) is 31.0 Å². The summed E-state index contributed by atoms with van der Waals surface area (Å²) in [7, 11) is 2.04. The van der Waals surface area contributed by atoms with Crippen molar-refractivity contribution in [1.82, 2.24) is 5.32 Å². The molecule has 1 N–H and O–H groups in total. The number of hydrogen-bond acceptors (Lipinski definition) is 2. The van der Waals surface area contributed by atoms with Gasteiger partial charge in [-0.25, -0.2) is 0 Å². The van der Waals surface area contributed by atoms with Crippen molar-refractivity contribution in [2.75, 3.05) is 12.8 Å². The molecule has 0 amide bonds. The van der Waals surface area contributed by atoms with Crippen LogP contribution in [0.4, 0.5) is 0 Å². The largest absolute Gasteiger partial charge is 0.312 e. The van der Waals surface area contributed by atoms with Gasteiger partial charge in [-0.2, -0.15) is 11.8 Å². The summed E-state index contributed by atoms with van der Waals surface area (Å²) in [5.74, 6) is 1.14. The first-order valence-electron chi connectivity index (χ1n) is 5.49. The summed E-state index contributed by atoms with van der Waals surface area (Å²) in [5.41, 5.74) is 2.73. The molecule has 1 aromatic rings. The summed E-state index contributed by atoms with van der Waals surface area (Å²) in [6.07, 6.45) is 0. The van der Waals surface area contributed by atoms with Crippen LogP contribution in [-0.2, 0) is 0 Å². The quantitative estimate of drug-likeness (QED) is 0.821. The second-order valence-corrected chi connectivity index (χ2v) is 5.75. The monoisotopic (exact) mass is 223 g/mol. The Kier molecular flexibility index (Phi) is 5.20. The average molecular weight is 223 g/mol. The van der Waals surface area contributed by atoms with E-state index in [4.69, 9.17) is 0 Å². The van der Waals surface area contributed by atoms with E-state index in [1.807, 2.05) is 18.8 Å². The van der Waals surface area contributed by atoms with Gasteiger partial charge in [0.25, 0.3) is 0 Å². The molecule has 0 aliphatic heterocycles. The molecule has 84 valence electrons. The third-order valence-corrected chi connectivity index (χ3v) is 3.58. The number of hydrogen-bond donors (Lipinski definition) is 1. The molecule has 0 spiro atoms. The molecule has 1 aromatic carbocycles. The van der Waals surface area contributed by atoms with Gasteiger partial charge in [0, 0.05) is 11.8 Å². The first-order valence-corrected chi connectivity index (χ1v) is 6.53. The van der Waals surface area contributed by atoms with Crippen molar-refractivity contribution >= 4 is 11.8 Å². The molecule has 0 bridgehead atoms. The highest BCUT2D eigenvalue weighted by Gasteiger charge is 2.09. The molecule has 0 radical (unpaired) electrons. The zero-order valence-electron chi connectivity index (χ0n) is 10.1. The molecule has 1 unspecified atom stereocenters. The molecule has 0 aliphatic carbocycles. The van der Waals surface area contributed by atoms with Crippen LogP contribution in [0.25, 0.3) is 0 Å². The predicted molar refractivity (Wildman–Crippen MR) is 70.6 cm³/mol. The summed E-state index contributed by atoms with van der Waals surface area (Å²) >= 11 is 2.00. The highest BCUT2D eigenvalue weighted by molar-refractivity contribution is 7.99. The lowest BCUT2D eigenvalue weighted by molar-refractivity contribution is 0.660. The number of benzene rings is 1. The third kappa shape index (κ3) is 4.27. The van der Waals surface area contributed by atoms with Crippen molar-refractivity contribution in [3.63, 3.8) is 0 Å². The van der Waals surface area contributed by atoms with E-state index in [9.17, 15) is 0 Å². The summed E-state index contributed by atoms with van der Waals surface area (Å²) in [6.45, 7) is 6.63. The van der Waals surface area contributed by atoms with Crippen LogP contribution in [0.15, 0.2) is 24.3 Å². The number of aryl methyl sites for hydroxylation is 1. The Bertz CT molecular complexity index is 296. The summed E-state index contributed by atoms with van der Waals surface area (Å²) < 4.78 is 0. The minimum atomic E-state index is 0.470. The van der Waals surface area contributed by atoms with Crippen molar-refractivity contribution in [3.8, 4) is 0 Å². The normalized spacial score (nSPS) is 13.1. The minimum Gasteiger partial charge on any atom is -0.312 e. The van der Waals surface area contributed by atoms with Gasteiger partial charge in [0.2, 0.25) is 0 Å². The molecule has 1 rings (SSSR count). The highest BCUT2D eigenvalue weighted by atomic mass is 32.2. The second-order valence-electron chi connectivity index (χ2n) is 4.14. The maximum absolute atomic E-state index is 3.38. The number of thioether (sulfide) groups is 1. The molecule has 0 saturated carbocycles. The predicted octanol–water partition coefficient (Wildman–Crippen LogP) is 3.40. The maximum Gasteiger partial charge on any atom is 0.0409 e. The standard InChI is InChI=1S/C13H21NS/c1-10(2)15-9-13(14-4)12-7-5-6-11(3)8-12/h5-8,10,13-14H,9H2,1-4H3. The summed E-state index contributed by atoms with van der Waals surface area (Å²) in [4.78, 5) is 0. The molecule has 0 saturated heterocycles. The zero-order valence-corrected chi connectivity index (χ0v) is 10.9. The van der Waals surface area contributed by atoms with Crippen LogP contribution >= 0.6 is 11.8 Å². The van der Waals surface area contributed by atoms with Gasteiger partial charge in [0.05, 0.1) is 0 Å². The fourth-order valence-electron chi connectivity index (χ4n) is 1.52.